The van der Waals surface area contributed by atoms with Crippen LogP contribution in [0.1, 0.15) is 16.7 Å². The van der Waals surface area contributed by atoms with E-state index in [2.05, 4.69) is 58.7 Å². The second-order valence-electron chi connectivity index (χ2n) is 6.30. The molecule has 25 heavy (non-hydrogen) atoms. The molecule has 0 spiro atoms. The number of nitrogens with one attached hydrogen (secondary N) is 1. The molecule has 0 unspecified atom stereocenters. The van der Waals surface area contributed by atoms with Crippen molar-refractivity contribution in [3.8, 4) is 0 Å². The van der Waals surface area contributed by atoms with Gasteiger partial charge in [-0.2, -0.15) is 5.10 Å². The van der Waals surface area contributed by atoms with Crippen LogP contribution in [0.15, 0.2) is 60.9 Å². The van der Waals surface area contributed by atoms with Crippen molar-refractivity contribution in [1.29, 1.82) is 0 Å². The lowest BCUT2D eigenvalue weighted by Crippen LogP contribution is -2.21. The molecule has 0 atom stereocenters. The third-order valence-corrected chi connectivity index (χ3v) is 4.46. The van der Waals surface area contributed by atoms with Gasteiger partial charge in [0.15, 0.2) is 5.82 Å². The molecule has 0 fully saturated rings. The summed E-state index contributed by atoms with van der Waals surface area (Å²) in [7, 11) is 4.10. The SMILES string of the molecule is CN(Cc1cccnc1)c1c2c(nn1C)NC(c1ccccc1)=CC2. The first-order chi connectivity index (χ1) is 12.2. The lowest BCUT2D eigenvalue weighted by Gasteiger charge is -2.22. The van der Waals surface area contributed by atoms with E-state index in [0.29, 0.717) is 0 Å². The van der Waals surface area contributed by atoms with Crippen LogP contribution in [-0.2, 0) is 20.0 Å². The van der Waals surface area contributed by atoms with E-state index in [4.69, 9.17) is 5.10 Å². The average molecular weight is 331 g/mol. The molecule has 1 N–H and O–H groups in total. The first-order valence-corrected chi connectivity index (χ1v) is 8.41. The molecule has 0 saturated heterocycles. The Balaban J connectivity index is 1.60. The number of benzene rings is 1. The molecule has 0 aliphatic carbocycles. The van der Waals surface area contributed by atoms with Crippen molar-refractivity contribution in [1.82, 2.24) is 14.8 Å². The summed E-state index contributed by atoms with van der Waals surface area (Å²) >= 11 is 0. The van der Waals surface area contributed by atoms with Crippen molar-refractivity contribution in [2.24, 2.45) is 7.05 Å². The van der Waals surface area contributed by atoms with Gasteiger partial charge >= 0.3 is 0 Å². The normalized spacial score (nSPS) is 13.0. The molecule has 0 saturated carbocycles. The van der Waals surface area contributed by atoms with Gasteiger partial charge in [0.1, 0.15) is 5.82 Å². The summed E-state index contributed by atoms with van der Waals surface area (Å²) in [5, 5.41) is 8.18. The van der Waals surface area contributed by atoms with Crippen molar-refractivity contribution >= 4 is 17.3 Å². The van der Waals surface area contributed by atoms with Gasteiger partial charge in [-0.25, -0.2) is 0 Å². The van der Waals surface area contributed by atoms with Crippen LogP contribution in [0.2, 0.25) is 0 Å². The summed E-state index contributed by atoms with van der Waals surface area (Å²) in [5.41, 5.74) is 4.72. The molecular formula is C20H21N5. The molecule has 2 aromatic heterocycles. The maximum absolute atomic E-state index is 4.70. The monoisotopic (exact) mass is 331 g/mol. The third kappa shape index (κ3) is 3.01. The fourth-order valence-electron chi connectivity index (χ4n) is 3.36. The number of pyridine rings is 1. The lowest BCUT2D eigenvalue weighted by atomic mass is 10.0. The second-order valence-corrected chi connectivity index (χ2v) is 6.30. The predicted molar refractivity (Wildman–Crippen MR) is 101 cm³/mol. The van der Waals surface area contributed by atoms with E-state index in [1.165, 1.54) is 16.7 Å². The minimum atomic E-state index is 0.801. The van der Waals surface area contributed by atoms with E-state index in [1.807, 2.05) is 30.1 Å². The topological polar surface area (TPSA) is 46.0 Å². The van der Waals surface area contributed by atoms with Crippen LogP contribution in [0.5, 0.6) is 0 Å². The fraction of sp³-hybridized carbons (Fsp3) is 0.200. The largest absolute Gasteiger partial charge is 0.355 e. The summed E-state index contributed by atoms with van der Waals surface area (Å²) in [6.45, 7) is 0.801. The highest BCUT2D eigenvalue weighted by molar-refractivity contribution is 5.81. The maximum Gasteiger partial charge on any atom is 0.158 e. The predicted octanol–water partition coefficient (Wildman–Crippen LogP) is 3.46. The van der Waals surface area contributed by atoms with Crippen molar-refractivity contribution in [2.75, 3.05) is 17.3 Å². The Kier molecular flexibility index (Phi) is 3.98. The number of aromatic nitrogens is 3. The highest BCUT2D eigenvalue weighted by Crippen LogP contribution is 2.34. The molecule has 4 rings (SSSR count). The van der Waals surface area contributed by atoms with E-state index < -0.39 is 0 Å². The van der Waals surface area contributed by atoms with E-state index in [9.17, 15) is 0 Å². The summed E-state index contributed by atoms with van der Waals surface area (Å²) in [5.74, 6) is 2.08. The van der Waals surface area contributed by atoms with Gasteiger partial charge in [0.25, 0.3) is 0 Å². The fourth-order valence-corrected chi connectivity index (χ4v) is 3.36. The number of nitrogens with zero attached hydrogens (tertiary/aromatic N) is 4. The molecule has 0 radical (unpaired) electrons. The number of rotatable bonds is 4. The Hall–Kier alpha value is -3.08. The van der Waals surface area contributed by atoms with Gasteiger partial charge in [0, 0.05) is 50.7 Å². The molecule has 1 aliphatic rings. The molecule has 0 amide bonds. The quantitative estimate of drug-likeness (QED) is 0.795. The molecule has 5 nitrogen and oxygen atoms in total. The zero-order valence-electron chi connectivity index (χ0n) is 14.5. The van der Waals surface area contributed by atoms with Gasteiger partial charge in [0.2, 0.25) is 0 Å². The van der Waals surface area contributed by atoms with Gasteiger partial charge in [-0.15, -0.1) is 0 Å². The van der Waals surface area contributed by atoms with Crippen LogP contribution in [0.25, 0.3) is 5.70 Å². The highest BCUT2D eigenvalue weighted by Gasteiger charge is 2.22. The van der Waals surface area contributed by atoms with Gasteiger partial charge in [-0.3, -0.25) is 9.67 Å². The van der Waals surface area contributed by atoms with Crippen LogP contribution in [-0.4, -0.2) is 21.8 Å². The standard InChI is InChI=1S/C20H21N5/c1-24(14-15-7-6-12-21-13-15)20-17-10-11-18(16-8-4-3-5-9-16)22-19(17)23-25(20)2/h3-9,11-13H,10,14H2,1-2H3,(H,22,23). The minimum absolute atomic E-state index is 0.801. The highest BCUT2D eigenvalue weighted by atomic mass is 15.4. The number of hydrogen-bond acceptors (Lipinski definition) is 4. The van der Waals surface area contributed by atoms with Gasteiger partial charge in [-0.05, 0) is 17.2 Å². The number of hydrogen-bond donors (Lipinski definition) is 1. The first kappa shape index (κ1) is 15.4. The van der Waals surface area contributed by atoms with Crippen LogP contribution in [0.4, 0.5) is 11.6 Å². The molecular weight excluding hydrogens is 310 g/mol. The number of aryl methyl sites for hydroxylation is 1. The number of anilines is 2. The van der Waals surface area contributed by atoms with Gasteiger partial charge in [-0.1, -0.05) is 42.5 Å². The van der Waals surface area contributed by atoms with Crippen molar-refractivity contribution in [2.45, 2.75) is 13.0 Å². The van der Waals surface area contributed by atoms with E-state index in [0.717, 1.165) is 30.3 Å². The molecule has 3 heterocycles. The molecule has 1 aliphatic heterocycles. The Morgan fingerprint density at radius 1 is 1.16 bits per heavy atom. The minimum Gasteiger partial charge on any atom is -0.355 e. The molecule has 3 aromatic rings. The Labute approximate surface area is 147 Å². The van der Waals surface area contributed by atoms with Gasteiger partial charge < -0.3 is 10.2 Å². The zero-order valence-corrected chi connectivity index (χ0v) is 14.5. The van der Waals surface area contributed by atoms with Crippen molar-refractivity contribution in [3.63, 3.8) is 0 Å². The Bertz CT molecular complexity index is 897. The van der Waals surface area contributed by atoms with Crippen LogP contribution in [0, 0.1) is 0 Å². The van der Waals surface area contributed by atoms with E-state index in [-0.39, 0.29) is 0 Å². The number of allylic oxidation sites excluding steroid dienone is 1. The zero-order chi connectivity index (χ0) is 17.2. The molecule has 1 aromatic carbocycles. The van der Waals surface area contributed by atoms with Crippen molar-refractivity contribution in [3.05, 3.63) is 77.6 Å². The Morgan fingerprint density at radius 2 is 2.00 bits per heavy atom. The summed E-state index contributed by atoms with van der Waals surface area (Å²) in [6.07, 6.45) is 6.81. The van der Waals surface area contributed by atoms with Crippen molar-refractivity contribution < 1.29 is 0 Å². The number of fused-ring (bicyclic) bond motifs is 1. The lowest BCUT2D eigenvalue weighted by molar-refractivity contribution is 0.734. The smallest absolute Gasteiger partial charge is 0.158 e. The van der Waals surface area contributed by atoms with Crippen LogP contribution >= 0.6 is 0 Å². The van der Waals surface area contributed by atoms with Crippen LogP contribution in [0.3, 0.4) is 0 Å². The second kappa shape index (κ2) is 6.43. The maximum atomic E-state index is 4.70. The van der Waals surface area contributed by atoms with E-state index >= 15 is 0 Å². The Morgan fingerprint density at radius 3 is 2.76 bits per heavy atom. The first-order valence-electron chi connectivity index (χ1n) is 8.41. The van der Waals surface area contributed by atoms with Crippen LogP contribution < -0.4 is 10.2 Å². The summed E-state index contributed by atoms with van der Waals surface area (Å²) < 4.78 is 1.95. The van der Waals surface area contributed by atoms with E-state index in [1.54, 1.807) is 6.20 Å². The molecule has 5 heteroatoms. The van der Waals surface area contributed by atoms with Gasteiger partial charge in [0.05, 0.1) is 0 Å². The third-order valence-electron chi connectivity index (χ3n) is 4.46. The summed E-state index contributed by atoms with van der Waals surface area (Å²) in [4.78, 5) is 6.43. The average Bonchev–Trinajstić information content (AvgIpc) is 2.98. The summed E-state index contributed by atoms with van der Waals surface area (Å²) in [6, 6.07) is 14.4. The molecule has 0 bridgehead atoms. The molecule has 126 valence electrons.